The average molecular weight is 194 g/mol. The van der Waals surface area contributed by atoms with Gasteiger partial charge in [0, 0.05) is 5.92 Å². The molecule has 0 aliphatic heterocycles. The predicted molar refractivity (Wildman–Crippen MR) is 63.7 cm³/mol. The van der Waals surface area contributed by atoms with Crippen LogP contribution in [0.2, 0.25) is 0 Å². The van der Waals surface area contributed by atoms with Crippen molar-refractivity contribution in [1.82, 2.24) is 0 Å². The number of benzene rings is 1. The van der Waals surface area contributed by atoms with Crippen molar-refractivity contribution in [3.8, 4) is 0 Å². The molecule has 0 amide bonds. The molecule has 0 nitrogen and oxygen atoms in total. The molecule has 0 radical (unpaired) electrons. The second-order valence-corrected chi connectivity index (χ2v) is 4.27. The number of rotatable bonds is 0. The molecule has 2 aliphatic rings. The lowest BCUT2D eigenvalue weighted by molar-refractivity contribution is 0.691. The summed E-state index contributed by atoms with van der Waals surface area (Å²) in [6.07, 6.45) is 13.3. The van der Waals surface area contributed by atoms with E-state index in [0.717, 1.165) is 6.42 Å². The van der Waals surface area contributed by atoms with Gasteiger partial charge in [-0.1, -0.05) is 60.2 Å². The standard InChI is InChI=1S/C15H14/c1-2-6-12-10-14-8-4-5-9-15(14)11-13(12)7-3-1/h1-9,12H,10-11H2. The highest BCUT2D eigenvalue weighted by molar-refractivity contribution is 5.41. The molecule has 1 aromatic rings. The van der Waals surface area contributed by atoms with Crippen LogP contribution >= 0.6 is 0 Å². The highest BCUT2D eigenvalue weighted by atomic mass is 14.2. The fourth-order valence-electron chi connectivity index (χ4n) is 2.46. The summed E-state index contributed by atoms with van der Waals surface area (Å²) in [7, 11) is 0. The van der Waals surface area contributed by atoms with Gasteiger partial charge in [0.25, 0.3) is 0 Å². The van der Waals surface area contributed by atoms with E-state index in [1.807, 2.05) is 0 Å². The van der Waals surface area contributed by atoms with Gasteiger partial charge in [-0.2, -0.15) is 0 Å². The van der Waals surface area contributed by atoms with E-state index < -0.39 is 0 Å². The van der Waals surface area contributed by atoms with E-state index in [9.17, 15) is 0 Å². The minimum absolute atomic E-state index is 0.620. The molecule has 0 aromatic heterocycles. The van der Waals surface area contributed by atoms with Gasteiger partial charge in [0.1, 0.15) is 0 Å². The van der Waals surface area contributed by atoms with Crippen LogP contribution in [0.4, 0.5) is 0 Å². The van der Waals surface area contributed by atoms with Crippen LogP contribution in [0.3, 0.4) is 0 Å². The summed E-state index contributed by atoms with van der Waals surface area (Å²) in [6, 6.07) is 8.80. The first-order chi connectivity index (χ1) is 7.43. The van der Waals surface area contributed by atoms with Crippen LogP contribution in [0.15, 0.2) is 60.2 Å². The number of fused-ring (bicyclic) bond motifs is 2. The Kier molecular flexibility index (Phi) is 2.06. The van der Waals surface area contributed by atoms with Crippen LogP contribution in [0.5, 0.6) is 0 Å². The van der Waals surface area contributed by atoms with Crippen molar-refractivity contribution in [2.24, 2.45) is 5.92 Å². The molecule has 0 saturated carbocycles. The molecule has 1 atom stereocenters. The number of hydrogen-bond acceptors (Lipinski definition) is 0. The van der Waals surface area contributed by atoms with Gasteiger partial charge < -0.3 is 0 Å². The Hall–Kier alpha value is -1.56. The lowest BCUT2D eigenvalue weighted by atomic mass is 9.80. The summed E-state index contributed by atoms with van der Waals surface area (Å²) in [6.45, 7) is 0. The van der Waals surface area contributed by atoms with Crippen molar-refractivity contribution in [2.75, 3.05) is 0 Å². The fraction of sp³-hybridized carbons (Fsp3) is 0.200. The molecule has 1 aromatic carbocycles. The molecule has 0 heteroatoms. The minimum Gasteiger partial charge on any atom is -0.0770 e. The number of allylic oxidation sites excluding steroid dienone is 6. The molecule has 1 unspecified atom stereocenters. The summed E-state index contributed by atoms with van der Waals surface area (Å²) in [4.78, 5) is 0. The van der Waals surface area contributed by atoms with Gasteiger partial charge >= 0.3 is 0 Å². The maximum atomic E-state index is 2.32. The third kappa shape index (κ3) is 1.56. The predicted octanol–water partition coefficient (Wildman–Crippen LogP) is 3.45. The Morgan fingerprint density at radius 3 is 2.73 bits per heavy atom. The molecule has 0 saturated heterocycles. The summed E-state index contributed by atoms with van der Waals surface area (Å²) in [5.74, 6) is 0.620. The van der Waals surface area contributed by atoms with Gasteiger partial charge in [-0.05, 0) is 24.0 Å². The molecule has 0 spiro atoms. The minimum atomic E-state index is 0.620. The number of hydrogen-bond donors (Lipinski definition) is 0. The maximum absolute atomic E-state index is 2.32. The van der Waals surface area contributed by atoms with Gasteiger partial charge in [0.15, 0.2) is 0 Å². The molecular weight excluding hydrogens is 180 g/mol. The third-order valence-corrected chi connectivity index (χ3v) is 3.30. The first-order valence-corrected chi connectivity index (χ1v) is 5.54. The zero-order valence-electron chi connectivity index (χ0n) is 8.69. The van der Waals surface area contributed by atoms with Crippen LogP contribution in [0, 0.1) is 5.92 Å². The smallest absolute Gasteiger partial charge is 0.00268 e. The summed E-state index contributed by atoms with van der Waals surface area (Å²) >= 11 is 0. The van der Waals surface area contributed by atoms with E-state index in [4.69, 9.17) is 0 Å². The maximum Gasteiger partial charge on any atom is 0.00268 e. The van der Waals surface area contributed by atoms with Crippen LogP contribution in [-0.2, 0) is 12.8 Å². The van der Waals surface area contributed by atoms with E-state index in [1.54, 1.807) is 5.57 Å². The molecule has 0 N–H and O–H groups in total. The van der Waals surface area contributed by atoms with E-state index in [-0.39, 0.29) is 0 Å². The van der Waals surface area contributed by atoms with Crippen LogP contribution in [0.1, 0.15) is 11.1 Å². The molecule has 0 fully saturated rings. The van der Waals surface area contributed by atoms with Crippen molar-refractivity contribution >= 4 is 0 Å². The summed E-state index contributed by atoms with van der Waals surface area (Å²) < 4.78 is 0. The summed E-state index contributed by atoms with van der Waals surface area (Å²) in [5.41, 5.74) is 4.58. The van der Waals surface area contributed by atoms with Gasteiger partial charge in [-0.3, -0.25) is 0 Å². The Bertz CT molecular complexity index is 461. The topological polar surface area (TPSA) is 0 Å². The van der Waals surface area contributed by atoms with Gasteiger partial charge in [0.05, 0.1) is 0 Å². The fourth-order valence-corrected chi connectivity index (χ4v) is 2.46. The van der Waals surface area contributed by atoms with Gasteiger partial charge in [-0.25, -0.2) is 0 Å². The zero-order chi connectivity index (χ0) is 10.1. The lowest BCUT2D eigenvalue weighted by Gasteiger charge is -2.25. The molecule has 74 valence electrons. The second kappa shape index (κ2) is 3.54. The average Bonchev–Trinajstić information content (AvgIpc) is 2.50. The SMILES string of the molecule is C1=CC=C2Cc3ccccc3CC2C=C1. The van der Waals surface area contributed by atoms with E-state index in [0.29, 0.717) is 5.92 Å². The van der Waals surface area contributed by atoms with Gasteiger partial charge in [-0.15, -0.1) is 0 Å². The third-order valence-electron chi connectivity index (χ3n) is 3.30. The van der Waals surface area contributed by atoms with Crippen LogP contribution in [0.25, 0.3) is 0 Å². The normalized spacial score (nSPS) is 22.7. The van der Waals surface area contributed by atoms with E-state index >= 15 is 0 Å². The second-order valence-electron chi connectivity index (χ2n) is 4.27. The van der Waals surface area contributed by atoms with Crippen LogP contribution in [-0.4, -0.2) is 0 Å². The molecule has 3 rings (SSSR count). The molecule has 15 heavy (non-hydrogen) atoms. The quantitative estimate of drug-likeness (QED) is 0.593. The first-order valence-electron chi connectivity index (χ1n) is 5.54. The monoisotopic (exact) mass is 194 g/mol. The Labute approximate surface area is 90.6 Å². The molecule has 2 aliphatic carbocycles. The largest absolute Gasteiger partial charge is 0.0770 e. The lowest BCUT2D eigenvalue weighted by Crippen LogP contribution is -2.15. The van der Waals surface area contributed by atoms with E-state index in [1.165, 1.54) is 17.5 Å². The Morgan fingerprint density at radius 1 is 0.933 bits per heavy atom. The molecular formula is C15H14. The van der Waals surface area contributed by atoms with Crippen LogP contribution < -0.4 is 0 Å². The van der Waals surface area contributed by atoms with Crippen molar-refractivity contribution in [3.63, 3.8) is 0 Å². The highest BCUT2D eigenvalue weighted by Gasteiger charge is 2.20. The Balaban J connectivity index is 2.04. The zero-order valence-corrected chi connectivity index (χ0v) is 8.69. The van der Waals surface area contributed by atoms with Crippen molar-refractivity contribution < 1.29 is 0 Å². The van der Waals surface area contributed by atoms with Gasteiger partial charge in [0.2, 0.25) is 0 Å². The highest BCUT2D eigenvalue weighted by Crippen LogP contribution is 2.31. The van der Waals surface area contributed by atoms with Crippen molar-refractivity contribution in [1.29, 1.82) is 0 Å². The summed E-state index contributed by atoms with van der Waals surface area (Å²) in [5, 5.41) is 0. The van der Waals surface area contributed by atoms with Crippen molar-refractivity contribution in [3.05, 3.63) is 71.3 Å². The van der Waals surface area contributed by atoms with E-state index in [2.05, 4.69) is 54.6 Å². The Morgan fingerprint density at radius 2 is 1.80 bits per heavy atom. The van der Waals surface area contributed by atoms with Crippen molar-refractivity contribution in [2.45, 2.75) is 12.8 Å². The first kappa shape index (κ1) is 8.72. The molecule has 0 bridgehead atoms. The molecule has 0 heterocycles.